The first-order chi connectivity index (χ1) is 17.5. The van der Waals surface area contributed by atoms with Crippen LogP contribution in [0.15, 0.2) is 54.9 Å². The summed E-state index contributed by atoms with van der Waals surface area (Å²) < 4.78 is 12.9. The Hall–Kier alpha value is -3.65. The molecule has 0 aliphatic heterocycles. The first kappa shape index (κ1) is 30.4. The summed E-state index contributed by atoms with van der Waals surface area (Å²) in [5.74, 6) is 2.62. The van der Waals surface area contributed by atoms with Gasteiger partial charge in [0.1, 0.15) is 23.4 Å². The number of methoxy groups -OCH3 is 2. The maximum Gasteiger partial charge on any atom is 0.229 e. The molecule has 196 valence electrons. The Balaban J connectivity index is 0.000000423. The van der Waals surface area contributed by atoms with Gasteiger partial charge in [-0.15, -0.1) is 0 Å². The molecule has 2 aromatic heterocycles. The predicted molar refractivity (Wildman–Crippen MR) is 147 cm³/mol. The number of aliphatic hydroxyl groups excluding tert-OH is 1. The molecule has 1 unspecified atom stereocenters. The van der Waals surface area contributed by atoms with Crippen LogP contribution >= 0.6 is 0 Å². The molecule has 0 saturated carbocycles. The maximum absolute atomic E-state index is 10.0. The van der Waals surface area contributed by atoms with Gasteiger partial charge in [-0.3, -0.25) is 0 Å². The van der Waals surface area contributed by atoms with Crippen LogP contribution < -0.4 is 14.8 Å². The summed E-state index contributed by atoms with van der Waals surface area (Å²) in [5.41, 5.74) is 2.75. The van der Waals surface area contributed by atoms with Crippen molar-refractivity contribution in [1.29, 1.82) is 0 Å². The number of rotatable bonds is 10. The summed E-state index contributed by atoms with van der Waals surface area (Å²) in [6.07, 6.45) is 15.3. The fourth-order valence-corrected chi connectivity index (χ4v) is 3.43. The van der Waals surface area contributed by atoms with Gasteiger partial charge in [0, 0.05) is 61.7 Å². The van der Waals surface area contributed by atoms with Gasteiger partial charge < -0.3 is 29.3 Å². The zero-order valence-electron chi connectivity index (χ0n) is 22.5. The van der Waals surface area contributed by atoms with Crippen LogP contribution in [-0.4, -0.2) is 47.3 Å². The van der Waals surface area contributed by atoms with Crippen LogP contribution in [0.3, 0.4) is 0 Å². The van der Waals surface area contributed by atoms with E-state index in [9.17, 15) is 4.79 Å². The first-order valence-corrected chi connectivity index (χ1v) is 11.9. The summed E-state index contributed by atoms with van der Waals surface area (Å²) in [7, 11) is 6.27. The molecule has 0 aliphatic rings. The van der Waals surface area contributed by atoms with Gasteiger partial charge in [-0.05, 0) is 31.7 Å². The molecule has 3 aromatic rings. The number of nitrogens with one attached hydrogen (secondary N) is 1. The standard InChI is InChI=1S/C17H20N4O2.C10H16O.CH4O/c1-5-13-14(22-3)8-12(9-15(13)23-4)19-17-18-10-11-6-7-21(2)16(11)20-17;1-3-4-5-7-10(2)8-6-9-11;1-2/h6-10H,5H2,1-4H3,(H,18,19,20);3-5,7,9-10H,6,8H2,1-2H3;2H,1H3/b;4-3-,7-5-;. The van der Waals surface area contributed by atoms with Crippen molar-refractivity contribution in [2.24, 2.45) is 13.0 Å². The Labute approximate surface area is 214 Å². The lowest BCUT2D eigenvalue weighted by Crippen LogP contribution is -2.01. The summed E-state index contributed by atoms with van der Waals surface area (Å²) in [6.45, 7) is 6.17. The summed E-state index contributed by atoms with van der Waals surface area (Å²) in [5, 5.41) is 11.2. The Morgan fingerprint density at radius 1 is 1.17 bits per heavy atom. The van der Waals surface area contributed by atoms with Crippen molar-refractivity contribution in [2.45, 2.75) is 40.0 Å². The fourth-order valence-electron chi connectivity index (χ4n) is 3.43. The van der Waals surface area contributed by atoms with E-state index in [1.165, 1.54) is 0 Å². The number of ether oxygens (including phenoxy) is 2. The minimum atomic E-state index is 0.511. The molecule has 2 N–H and O–H groups in total. The van der Waals surface area contributed by atoms with Gasteiger partial charge in [0.15, 0.2) is 0 Å². The largest absolute Gasteiger partial charge is 0.496 e. The number of aryl methyl sites for hydroxylation is 1. The number of hydrogen-bond donors (Lipinski definition) is 2. The molecule has 8 heteroatoms. The zero-order chi connectivity index (χ0) is 26.9. The fraction of sp³-hybridized carbons (Fsp3) is 0.393. The Morgan fingerprint density at radius 2 is 1.83 bits per heavy atom. The van der Waals surface area contributed by atoms with E-state index in [-0.39, 0.29) is 0 Å². The van der Waals surface area contributed by atoms with E-state index in [1.54, 1.807) is 20.4 Å². The molecule has 0 aliphatic carbocycles. The van der Waals surface area contributed by atoms with Crippen LogP contribution in [-0.2, 0) is 18.3 Å². The number of aromatic nitrogens is 3. The third-order valence-corrected chi connectivity index (χ3v) is 5.31. The van der Waals surface area contributed by atoms with Gasteiger partial charge >= 0.3 is 0 Å². The lowest BCUT2D eigenvalue weighted by molar-refractivity contribution is -0.108. The topological polar surface area (TPSA) is 98.5 Å². The minimum Gasteiger partial charge on any atom is -0.496 e. The van der Waals surface area contributed by atoms with Crippen molar-refractivity contribution >= 4 is 29.0 Å². The van der Waals surface area contributed by atoms with Gasteiger partial charge in [-0.2, -0.15) is 4.98 Å². The average molecular weight is 497 g/mol. The highest BCUT2D eigenvalue weighted by molar-refractivity contribution is 5.77. The number of aliphatic hydroxyl groups is 1. The normalized spacial score (nSPS) is 11.4. The number of benzene rings is 1. The van der Waals surface area contributed by atoms with E-state index < -0.39 is 0 Å². The second kappa shape index (κ2) is 16.9. The molecular formula is C28H40N4O4. The lowest BCUT2D eigenvalue weighted by atomic mass is 10.1. The van der Waals surface area contributed by atoms with Gasteiger partial charge in [-0.1, -0.05) is 38.2 Å². The van der Waals surface area contributed by atoms with Crippen molar-refractivity contribution < 1.29 is 19.4 Å². The molecule has 0 fully saturated rings. The number of aldehydes is 1. The van der Waals surface area contributed by atoms with Crippen molar-refractivity contribution in [1.82, 2.24) is 14.5 Å². The van der Waals surface area contributed by atoms with Gasteiger partial charge in [0.25, 0.3) is 0 Å². The summed E-state index contributed by atoms with van der Waals surface area (Å²) >= 11 is 0. The number of allylic oxidation sites excluding steroid dienone is 4. The first-order valence-electron chi connectivity index (χ1n) is 11.9. The van der Waals surface area contributed by atoms with Gasteiger partial charge in [-0.25, -0.2) is 4.98 Å². The van der Waals surface area contributed by atoms with E-state index in [4.69, 9.17) is 14.6 Å². The number of nitrogens with zero attached hydrogens (tertiary/aromatic N) is 3. The molecule has 36 heavy (non-hydrogen) atoms. The number of carbonyl (C=O) groups is 1. The third-order valence-electron chi connectivity index (χ3n) is 5.31. The Bertz CT molecular complexity index is 1100. The highest BCUT2D eigenvalue weighted by atomic mass is 16.5. The summed E-state index contributed by atoms with van der Waals surface area (Å²) in [4.78, 5) is 18.9. The second-order valence-electron chi connectivity index (χ2n) is 7.87. The molecule has 0 spiro atoms. The highest BCUT2D eigenvalue weighted by Gasteiger charge is 2.12. The highest BCUT2D eigenvalue weighted by Crippen LogP contribution is 2.34. The van der Waals surface area contributed by atoms with E-state index in [0.29, 0.717) is 18.3 Å². The Kier molecular flexibility index (Phi) is 14.3. The van der Waals surface area contributed by atoms with Crippen molar-refractivity contribution in [3.63, 3.8) is 0 Å². The molecule has 1 atom stereocenters. The van der Waals surface area contributed by atoms with E-state index in [1.807, 2.05) is 61.2 Å². The number of hydrogen-bond acceptors (Lipinski definition) is 7. The zero-order valence-corrected chi connectivity index (χ0v) is 22.5. The molecule has 0 radical (unpaired) electrons. The van der Waals surface area contributed by atoms with Crippen LogP contribution in [0.1, 0.15) is 39.2 Å². The SMILES string of the molecule is C/C=C\C=C/C(C)CCC=O.CCc1c(OC)cc(Nc2ncc3ccn(C)c3n2)cc1OC.CO. The maximum atomic E-state index is 10.0. The number of carbonyl (C=O) groups excluding carboxylic acids is 1. The molecule has 0 saturated heterocycles. The molecule has 0 bridgehead atoms. The van der Waals surface area contributed by atoms with Crippen molar-refractivity contribution in [2.75, 3.05) is 26.6 Å². The van der Waals surface area contributed by atoms with Crippen LogP contribution in [0.4, 0.5) is 11.6 Å². The van der Waals surface area contributed by atoms with Crippen molar-refractivity contribution in [3.05, 3.63) is 60.5 Å². The second-order valence-corrected chi connectivity index (χ2v) is 7.87. The Morgan fingerprint density at radius 3 is 2.39 bits per heavy atom. The van der Waals surface area contributed by atoms with Crippen molar-refractivity contribution in [3.8, 4) is 11.5 Å². The predicted octanol–water partition coefficient (Wildman–Crippen LogP) is 5.63. The smallest absolute Gasteiger partial charge is 0.229 e. The number of anilines is 2. The van der Waals surface area contributed by atoms with E-state index in [0.717, 1.165) is 60.0 Å². The van der Waals surface area contributed by atoms with Gasteiger partial charge in [0.2, 0.25) is 5.95 Å². The van der Waals surface area contributed by atoms with Crippen LogP contribution in [0.2, 0.25) is 0 Å². The summed E-state index contributed by atoms with van der Waals surface area (Å²) in [6, 6.07) is 5.85. The monoisotopic (exact) mass is 496 g/mol. The quantitative estimate of drug-likeness (QED) is 0.277. The van der Waals surface area contributed by atoms with E-state index in [2.05, 4.69) is 35.2 Å². The van der Waals surface area contributed by atoms with E-state index >= 15 is 0 Å². The van der Waals surface area contributed by atoms with Crippen LogP contribution in [0.25, 0.3) is 11.0 Å². The average Bonchev–Trinajstić information content (AvgIpc) is 3.28. The molecule has 2 heterocycles. The molecule has 3 rings (SSSR count). The van der Waals surface area contributed by atoms with Gasteiger partial charge in [0.05, 0.1) is 14.2 Å². The third kappa shape index (κ3) is 9.19. The van der Waals surface area contributed by atoms with Crippen LogP contribution in [0.5, 0.6) is 11.5 Å². The molecule has 1 aromatic carbocycles. The minimum absolute atomic E-state index is 0.511. The lowest BCUT2D eigenvalue weighted by Gasteiger charge is -2.14. The molecule has 8 nitrogen and oxygen atoms in total. The van der Waals surface area contributed by atoms with Crippen LogP contribution in [0, 0.1) is 5.92 Å². The molecule has 0 amide bonds. The number of fused-ring (bicyclic) bond motifs is 1. The molecular weight excluding hydrogens is 456 g/mol.